The highest BCUT2D eigenvalue weighted by molar-refractivity contribution is 6.30. The van der Waals surface area contributed by atoms with Crippen molar-refractivity contribution in [1.29, 1.82) is 0 Å². The van der Waals surface area contributed by atoms with Gasteiger partial charge in [-0.2, -0.15) is 0 Å². The van der Waals surface area contributed by atoms with Gasteiger partial charge in [-0.1, -0.05) is 23.7 Å². The number of nitrogens with one attached hydrogen (secondary N) is 1. The predicted octanol–water partition coefficient (Wildman–Crippen LogP) is 1.64. The minimum absolute atomic E-state index is 0.257. The van der Waals surface area contributed by atoms with E-state index in [1.807, 2.05) is 12.1 Å². The fourth-order valence-corrected chi connectivity index (χ4v) is 1.43. The summed E-state index contributed by atoms with van der Waals surface area (Å²) in [5.74, 6) is -0.257. The molecule has 0 saturated heterocycles. The van der Waals surface area contributed by atoms with E-state index in [0.29, 0.717) is 11.4 Å². The summed E-state index contributed by atoms with van der Waals surface area (Å²) in [6, 6.07) is 7.10. The third kappa shape index (κ3) is 3.53. The lowest BCUT2D eigenvalue weighted by Gasteiger charge is -2.13. The maximum atomic E-state index is 11.3. The lowest BCUT2D eigenvalue weighted by atomic mass is 10.1. The van der Waals surface area contributed by atoms with Crippen molar-refractivity contribution in [3.05, 3.63) is 34.9 Å². The van der Waals surface area contributed by atoms with E-state index in [9.17, 15) is 4.79 Å². The summed E-state index contributed by atoms with van der Waals surface area (Å²) in [7, 11) is 3.12. The van der Waals surface area contributed by atoms with Gasteiger partial charge in [0.15, 0.2) is 0 Å². The number of hydrogen-bond donors (Lipinski definition) is 1. The molecule has 15 heavy (non-hydrogen) atoms. The van der Waals surface area contributed by atoms with E-state index >= 15 is 0 Å². The zero-order chi connectivity index (χ0) is 11.3. The van der Waals surface area contributed by atoms with Gasteiger partial charge in [0.2, 0.25) is 0 Å². The van der Waals surface area contributed by atoms with Crippen LogP contribution in [0.3, 0.4) is 0 Å². The first-order valence-electron chi connectivity index (χ1n) is 4.67. The number of carbonyl (C=O) groups excluding carboxylic acids is 1. The first-order valence-corrected chi connectivity index (χ1v) is 5.04. The summed E-state index contributed by atoms with van der Waals surface area (Å²) in [4.78, 5) is 11.3. The molecule has 0 spiro atoms. The van der Waals surface area contributed by atoms with Crippen LogP contribution in [0.25, 0.3) is 0 Å². The van der Waals surface area contributed by atoms with Crippen molar-refractivity contribution in [2.45, 2.75) is 12.5 Å². The van der Waals surface area contributed by atoms with Gasteiger partial charge in [0, 0.05) is 5.02 Å². The summed E-state index contributed by atoms with van der Waals surface area (Å²) in [5.41, 5.74) is 1.05. The molecular formula is C11H14ClNO2. The molecule has 1 atom stereocenters. The summed E-state index contributed by atoms with van der Waals surface area (Å²) in [5, 5.41) is 3.60. The molecule has 82 valence electrons. The monoisotopic (exact) mass is 227 g/mol. The molecule has 0 aliphatic carbocycles. The van der Waals surface area contributed by atoms with Gasteiger partial charge in [-0.3, -0.25) is 4.79 Å². The van der Waals surface area contributed by atoms with E-state index in [2.05, 4.69) is 10.1 Å². The van der Waals surface area contributed by atoms with E-state index in [0.717, 1.165) is 5.56 Å². The Morgan fingerprint density at radius 1 is 1.47 bits per heavy atom. The van der Waals surface area contributed by atoms with Crippen LogP contribution >= 0.6 is 11.6 Å². The molecule has 0 amide bonds. The van der Waals surface area contributed by atoms with E-state index in [1.54, 1.807) is 19.2 Å². The van der Waals surface area contributed by atoms with E-state index < -0.39 is 0 Å². The average molecular weight is 228 g/mol. The minimum atomic E-state index is -0.309. The van der Waals surface area contributed by atoms with Crippen LogP contribution in [0.4, 0.5) is 0 Å². The van der Waals surface area contributed by atoms with Crippen LogP contribution in [0.1, 0.15) is 5.56 Å². The molecule has 0 fully saturated rings. The van der Waals surface area contributed by atoms with Gasteiger partial charge in [-0.15, -0.1) is 0 Å². The van der Waals surface area contributed by atoms with Crippen LogP contribution in [0, 0.1) is 0 Å². The van der Waals surface area contributed by atoms with Crippen LogP contribution in [0.15, 0.2) is 24.3 Å². The van der Waals surface area contributed by atoms with Crippen molar-refractivity contribution in [2.24, 2.45) is 0 Å². The number of halogens is 1. The largest absolute Gasteiger partial charge is 0.468 e. The Morgan fingerprint density at radius 2 is 2.07 bits per heavy atom. The second kappa shape index (κ2) is 5.73. The molecule has 0 aromatic heterocycles. The molecule has 3 nitrogen and oxygen atoms in total. The summed E-state index contributed by atoms with van der Waals surface area (Å²) >= 11 is 5.76. The highest BCUT2D eigenvalue weighted by Gasteiger charge is 2.16. The molecule has 0 aliphatic heterocycles. The van der Waals surface area contributed by atoms with Gasteiger partial charge in [0.05, 0.1) is 7.11 Å². The van der Waals surface area contributed by atoms with E-state index in [-0.39, 0.29) is 12.0 Å². The van der Waals surface area contributed by atoms with E-state index in [4.69, 9.17) is 11.6 Å². The van der Waals surface area contributed by atoms with Gasteiger partial charge >= 0.3 is 5.97 Å². The van der Waals surface area contributed by atoms with Gasteiger partial charge in [-0.25, -0.2) is 0 Å². The van der Waals surface area contributed by atoms with Crippen LogP contribution in [0.2, 0.25) is 5.02 Å². The van der Waals surface area contributed by atoms with Crippen molar-refractivity contribution in [3.8, 4) is 0 Å². The Morgan fingerprint density at radius 3 is 2.53 bits per heavy atom. The number of methoxy groups -OCH3 is 1. The lowest BCUT2D eigenvalue weighted by Crippen LogP contribution is -2.36. The van der Waals surface area contributed by atoms with Crippen molar-refractivity contribution < 1.29 is 9.53 Å². The second-order valence-corrected chi connectivity index (χ2v) is 3.63. The molecule has 0 aliphatic rings. The molecule has 0 unspecified atom stereocenters. The van der Waals surface area contributed by atoms with Crippen molar-refractivity contribution in [3.63, 3.8) is 0 Å². The Labute approximate surface area is 94.4 Å². The van der Waals surface area contributed by atoms with Gasteiger partial charge < -0.3 is 10.1 Å². The first kappa shape index (κ1) is 12.0. The Hall–Kier alpha value is -1.06. The molecule has 0 heterocycles. The van der Waals surface area contributed by atoms with Crippen LogP contribution < -0.4 is 5.32 Å². The molecule has 0 saturated carbocycles. The van der Waals surface area contributed by atoms with Gasteiger partial charge in [0.1, 0.15) is 6.04 Å². The minimum Gasteiger partial charge on any atom is -0.468 e. The van der Waals surface area contributed by atoms with Crippen molar-refractivity contribution >= 4 is 17.6 Å². The third-order valence-corrected chi connectivity index (χ3v) is 2.44. The average Bonchev–Trinajstić information content (AvgIpc) is 2.27. The Balaban J connectivity index is 2.66. The number of hydrogen-bond acceptors (Lipinski definition) is 3. The zero-order valence-corrected chi connectivity index (χ0v) is 9.54. The molecule has 1 aromatic rings. The molecule has 4 heteroatoms. The van der Waals surface area contributed by atoms with Gasteiger partial charge in [-0.05, 0) is 31.2 Å². The number of likely N-dealkylation sites (N-methyl/N-ethyl adjacent to an activating group) is 1. The first-order chi connectivity index (χ1) is 7.17. The summed E-state index contributed by atoms with van der Waals surface area (Å²) < 4.78 is 4.67. The third-order valence-electron chi connectivity index (χ3n) is 2.19. The number of carbonyl (C=O) groups is 1. The fourth-order valence-electron chi connectivity index (χ4n) is 1.30. The molecule has 0 radical (unpaired) electrons. The molecule has 1 aromatic carbocycles. The van der Waals surface area contributed by atoms with Crippen LogP contribution in [-0.4, -0.2) is 26.2 Å². The van der Waals surface area contributed by atoms with Gasteiger partial charge in [0.25, 0.3) is 0 Å². The highest BCUT2D eigenvalue weighted by Crippen LogP contribution is 2.11. The molecular weight excluding hydrogens is 214 g/mol. The SMILES string of the molecule is CN[C@@H](Cc1ccc(Cl)cc1)C(=O)OC. The van der Waals surface area contributed by atoms with Crippen molar-refractivity contribution in [1.82, 2.24) is 5.32 Å². The molecule has 0 bridgehead atoms. The number of benzene rings is 1. The molecule has 1 N–H and O–H groups in total. The highest BCUT2D eigenvalue weighted by atomic mass is 35.5. The Kier molecular flexibility index (Phi) is 4.59. The topological polar surface area (TPSA) is 38.3 Å². The molecule has 1 rings (SSSR count). The van der Waals surface area contributed by atoms with Crippen molar-refractivity contribution in [2.75, 3.05) is 14.2 Å². The summed E-state index contributed by atoms with van der Waals surface area (Å²) in [6.45, 7) is 0. The second-order valence-electron chi connectivity index (χ2n) is 3.20. The maximum absolute atomic E-state index is 11.3. The maximum Gasteiger partial charge on any atom is 0.323 e. The van der Waals surface area contributed by atoms with Crippen LogP contribution in [0.5, 0.6) is 0 Å². The number of rotatable bonds is 4. The number of ether oxygens (including phenoxy) is 1. The normalized spacial score (nSPS) is 12.2. The zero-order valence-electron chi connectivity index (χ0n) is 8.79. The summed E-state index contributed by atoms with van der Waals surface area (Å²) in [6.07, 6.45) is 0.598. The van der Waals surface area contributed by atoms with Crippen LogP contribution in [-0.2, 0) is 16.0 Å². The predicted molar refractivity (Wildman–Crippen MR) is 60.0 cm³/mol. The smallest absolute Gasteiger partial charge is 0.323 e. The standard InChI is InChI=1S/C11H14ClNO2/c1-13-10(11(14)15-2)7-8-3-5-9(12)6-4-8/h3-6,10,13H,7H2,1-2H3/t10-/m0/s1. The fraction of sp³-hybridized carbons (Fsp3) is 0.364. The quantitative estimate of drug-likeness (QED) is 0.795. The Bertz CT molecular complexity index is 324. The van der Waals surface area contributed by atoms with E-state index in [1.165, 1.54) is 7.11 Å². The lowest BCUT2D eigenvalue weighted by molar-refractivity contribution is -0.142. The number of esters is 1.